The quantitative estimate of drug-likeness (QED) is 0.141. The third-order valence-corrected chi connectivity index (χ3v) is 23.5. The second-order valence-electron chi connectivity index (χ2n) is 27.8. The molecule has 0 fully saturated rings. The number of rotatable bonds is 0. The van der Waals surface area contributed by atoms with Crippen molar-refractivity contribution in [3.63, 3.8) is 0 Å². The summed E-state index contributed by atoms with van der Waals surface area (Å²) in [5.41, 5.74) is 10.5. The van der Waals surface area contributed by atoms with Crippen molar-refractivity contribution in [3.05, 3.63) is 177 Å². The first-order valence-corrected chi connectivity index (χ1v) is 31.8. The summed E-state index contributed by atoms with van der Waals surface area (Å²) in [6.07, 6.45) is 0. The van der Waals surface area contributed by atoms with Gasteiger partial charge in [0.05, 0.1) is 44.9 Å². The van der Waals surface area contributed by atoms with Gasteiger partial charge < -0.3 is 0 Å². The molecule has 0 spiro atoms. The Morgan fingerprint density at radius 1 is 0.349 bits per heavy atom. The maximum atomic E-state index is 2.63. The molecule has 0 saturated heterocycles. The van der Waals surface area contributed by atoms with Gasteiger partial charge in [-0.2, -0.15) is 0 Å². The van der Waals surface area contributed by atoms with Gasteiger partial charge in [-0.1, -0.05) is 109 Å². The Kier molecular flexibility index (Phi) is 12.6. The van der Waals surface area contributed by atoms with Crippen molar-refractivity contribution in [2.24, 2.45) is 0 Å². The zero-order valence-electron chi connectivity index (χ0n) is 53.3. The van der Waals surface area contributed by atoms with Crippen LogP contribution in [-0.2, 0) is 22.2 Å². The number of fused-ring (bicyclic) bond motifs is 19. The van der Waals surface area contributed by atoms with Crippen LogP contribution in [0.1, 0.15) is 155 Å². The molecule has 8 aromatic rings. The zero-order valence-corrected chi connectivity index (χ0v) is 54.1. The van der Waals surface area contributed by atoms with Gasteiger partial charge in [0.25, 0.3) is 23.3 Å². The fraction of sp³-hybridized carbons (Fsp3) is 0.432. The Balaban J connectivity index is 0.000000104. The van der Waals surface area contributed by atoms with Crippen LogP contribution in [0.4, 0.5) is 0 Å². The lowest BCUT2D eigenvalue weighted by Crippen LogP contribution is -2.44. The molecular formula is C74H90N8S+4. The monoisotopic (exact) mass is 1120 g/mol. The molecule has 8 aliphatic heterocycles. The highest BCUT2D eigenvalue weighted by Gasteiger charge is 2.61. The Morgan fingerprint density at radius 3 is 1.34 bits per heavy atom. The Bertz CT molecular complexity index is 4140. The van der Waals surface area contributed by atoms with Crippen LogP contribution in [-0.4, -0.2) is 138 Å². The van der Waals surface area contributed by atoms with E-state index in [9.17, 15) is 0 Å². The molecule has 9 heterocycles. The van der Waals surface area contributed by atoms with Crippen molar-refractivity contribution in [2.45, 2.75) is 181 Å². The van der Waals surface area contributed by atoms with Crippen LogP contribution in [0.5, 0.6) is 0 Å². The molecule has 0 N–H and O–H groups in total. The highest BCUT2D eigenvalue weighted by molar-refractivity contribution is 7.21. The predicted molar refractivity (Wildman–Crippen MR) is 350 cm³/mol. The summed E-state index contributed by atoms with van der Waals surface area (Å²) in [6, 6.07) is 53.4. The first kappa shape index (κ1) is 55.4. The molecule has 9 heteroatoms. The third kappa shape index (κ3) is 7.53. The van der Waals surface area contributed by atoms with Crippen molar-refractivity contribution in [3.8, 4) is 0 Å². The third-order valence-electron chi connectivity index (χ3n) is 22.3. The molecule has 1 aromatic heterocycles. The fourth-order valence-corrected chi connectivity index (χ4v) is 18.5. The van der Waals surface area contributed by atoms with Crippen LogP contribution in [0.15, 0.2) is 133 Å². The summed E-state index contributed by atoms with van der Waals surface area (Å²) in [4.78, 5) is 12.0. The Hall–Kier alpha value is -6.84. The largest absolute Gasteiger partial charge is 0.291 e. The van der Waals surface area contributed by atoms with Crippen molar-refractivity contribution < 1.29 is 18.3 Å². The van der Waals surface area contributed by atoms with E-state index in [1.807, 2.05) is 11.3 Å². The lowest BCUT2D eigenvalue weighted by atomic mass is 9.87. The normalized spacial score (nSPS) is 26.7. The van der Waals surface area contributed by atoms with Gasteiger partial charge in [0, 0.05) is 32.3 Å². The van der Waals surface area contributed by atoms with Gasteiger partial charge in [-0.15, -0.1) is 11.3 Å². The lowest BCUT2D eigenvalue weighted by Gasteiger charge is -2.30. The van der Waals surface area contributed by atoms with Crippen LogP contribution in [0, 0.1) is 0 Å². The molecule has 0 aliphatic carbocycles. The van der Waals surface area contributed by atoms with Crippen molar-refractivity contribution >= 4 is 77.1 Å². The average molecular weight is 1120 g/mol. The second-order valence-corrected chi connectivity index (χ2v) is 28.9. The minimum absolute atomic E-state index is 0.0456. The molecule has 0 radical (unpaired) electrons. The molecule has 8 atom stereocenters. The van der Waals surface area contributed by atoms with Crippen LogP contribution in [0.2, 0.25) is 0 Å². The van der Waals surface area contributed by atoms with Crippen molar-refractivity contribution in [1.82, 2.24) is 19.6 Å². The molecule has 8 aliphatic rings. The van der Waals surface area contributed by atoms with E-state index >= 15 is 0 Å². The summed E-state index contributed by atoms with van der Waals surface area (Å²) in [5, 5.41) is 9.57. The van der Waals surface area contributed by atoms with Crippen LogP contribution < -0.4 is 0 Å². The number of likely N-dealkylation sites (N-methyl/N-ethyl adjacent to an activating group) is 4. The zero-order chi connectivity index (χ0) is 59.0. The van der Waals surface area contributed by atoms with E-state index in [0.29, 0.717) is 48.3 Å². The summed E-state index contributed by atoms with van der Waals surface area (Å²) >= 11 is 1.95. The number of thiophene rings is 1. The van der Waals surface area contributed by atoms with Crippen LogP contribution in [0.3, 0.4) is 0 Å². The molecule has 8 unspecified atom stereocenters. The minimum atomic E-state index is 0.0456. The van der Waals surface area contributed by atoms with Gasteiger partial charge in [-0.25, -0.2) is 19.6 Å². The van der Waals surface area contributed by atoms with E-state index in [-0.39, 0.29) is 22.2 Å². The van der Waals surface area contributed by atoms with Gasteiger partial charge in [-0.05, 0) is 167 Å². The van der Waals surface area contributed by atoms with E-state index in [0.717, 1.165) is 0 Å². The molecule has 428 valence electrons. The molecule has 0 bridgehead atoms. The first-order valence-electron chi connectivity index (χ1n) is 30.9. The molecule has 0 amide bonds. The highest BCUT2D eigenvalue weighted by Crippen LogP contribution is 2.52. The van der Waals surface area contributed by atoms with Gasteiger partial charge in [0.1, 0.15) is 75.4 Å². The van der Waals surface area contributed by atoms with Gasteiger partial charge >= 0.3 is 0 Å². The topological polar surface area (TPSA) is 25.0 Å². The van der Waals surface area contributed by atoms with E-state index in [2.05, 4.69) is 310 Å². The number of benzene rings is 7. The van der Waals surface area contributed by atoms with E-state index in [1.54, 1.807) is 0 Å². The SMILES string of the molecule is CC1C(C)[N+](C)=C2c3c(ccc4ccccc34)C(C)(C)N21.CC1C(C)[N+](C)=C2c3cc4ccccc4cc3C(C)(C)N21.CC1C(C)[N+](C)=C2c3ccc4ccccc4c3C(C)(C)N21.CC1C(C)[N+](C)=C2c3sc4ccccc4c3C(C)(C)N21. The number of hydrogen-bond donors (Lipinski definition) is 0. The highest BCUT2D eigenvalue weighted by atomic mass is 32.1. The van der Waals surface area contributed by atoms with Gasteiger partial charge in [-0.3, -0.25) is 18.3 Å². The maximum Gasteiger partial charge on any atom is 0.291 e. The number of hydrogen-bond acceptors (Lipinski definition) is 5. The van der Waals surface area contributed by atoms with Crippen LogP contribution >= 0.6 is 11.3 Å². The fourth-order valence-electron chi connectivity index (χ4n) is 17.1. The lowest BCUT2D eigenvalue weighted by molar-refractivity contribution is -0.526. The number of amidine groups is 4. The van der Waals surface area contributed by atoms with Gasteiger partial charge in [0.2, 0.25) is 0 Å². The summed E-state index contributed by atoms with van der Waals surface area (Å²) in [7, 11) is 8.95. The molecule has 8 nitrogen and oxygen atoms in total. The summed E-state index contributed by atoms with van der Waals surface area (Å²) in [5.74, 6) is 5.65. The predicted octanol–water partition coefficient (Wildman–Crippen LogP) is 14.3. The number of nitrogens with zero attached hydrogens (tertiary/aromatic N) is 8. The summed E-state index contributed by atoms with van der Waals surface area (Å²) in [6.45, 7) is 37.6. The van der Waals surface area contributed by atoms with Gasteiger partial charge in [0.15, 0.2) is 0 Å². The molecular weight excluding hydrogens is 1030 g/mol. The van der Waals surface area contributed by atoms with Crippen LogP contribution in [0.25, 0.3) is 42.4 Å². The average Bonchev–Trinajstić information content (AvgIpc) is 1.82. The Labute approximate surface area is 499 Å². The minimum Gasteiger partial charge on any atom is -0.257 e. The molecule has 0 saturated carbocycles. The van der Waals surface area contributed by atoms with E-state index < -0.39 is 0 Å². The summed E-state index contributed by atoms with van der Waals surface area (Å²) < 4.78 is 11.2. The maximum absolute atomic E-state index is 2.63. The Morgan fingerprint density at radius 2 is 0.747 bits per heavy atom. The molecule has 83 heavy (non-hydrogen) atoms. The van der Waals surface area contributed by atoms with Crippen molar-refractivity contribution in [1.29, 1.82) is 0 Å². The van der Waals surface area contributed by atoms with E-state index in [1.165, 1.54) is 110 Å². The van der Waals surface area contributed by atoms with E-state index in [4.69, 9.17) is 0 Å². The van der Waals surface area contributed by atoms with Crippen molar-refractivity contribution in [2.75, 3.05) is 28.2 Å². The standard InChI is InChI=1S/3C19H23N2.C17H21N2S/c1-12-13(2)21-18(20(12)5)16-10-14-8-6-7-9-15(14)11-17(16)19(21,3)4;1-12-13(2)21-18(20(12)5)17-15-9-7-6-8-14(15)10-11-16(17)19(21,3)4;1-12-13(2)21-18(20(12)5)16-11-10-14-8-6-7-9-15(14)17(16)19(21,3)4;1-10-11(2)19-16(18(10)5)15-14(17(19,3)4)12-8-6-7-9-13(12)20-15/h3*6-13H,1-5H3;6-11H,1-5H3/q4*+1. The molecule has 16 rings (SSSR count). The second kappa shape index (κ2) is 18.8. The molecule has 7 aromatic carbocycles. The smallest absolute Gasteiger partial charge is 0.257 e. The first-order chi connectivity index (χ1) is 39.3.